The van der Waals surface area contributed by atoms with Crippen LogP contribution in [0.2, 0.25) is 5.02 Å². The number of carbonyl (C=O) groups is 1. The molecule has 9 nitrogen and oxygen atoms in total. The molecule has 0 bridgehead atoms. The van der Waals surface area contributed by atoms with Crippen molar-refractivity contribution in [1.82, 2.24) is 5.32 Å². The van der Waals surface area contributed by atoms with E-state index >= 15 is 0 Å². The third-order valence-electron chi connectivity index (χ3n) is 4.54. The Morgan fingerprint density at radius 3 is 2.45 bits per heavy atom. The smallest absolute Gasteiger partial charge is 0.271 e. The summed E-state index contributed by atoms with van der Waals surface area (Å²) in [5.74, 6) is -0.0234. The third-order valence-corrected chi connectivity index (χ3v) is 6.18. The summed E-state index contributed by atoms with van der Waals surface area (Å²) in [5.41, 5.74) is 1.20. The van der Waals surface area contributed by atoms with Crippen LogP contribution >= 0.6 is 11.6 Å². The zero-order chi connectivity index (χ0) is 23.3. The summed E-state index contributed by atoms with van der Waals surface area (Å²) in [6.07, 6.45) is 0.944. The van der Waals surface area contributed by atoms with Gasteiger partial charge in [-0.25, -0.2) is 8.42 Å². The van der Waals surface area contributed by atoms with E-state index in [1.165, 1.54) is 19.1 Å². The van der Waals surface area contributed by atoms with Crippen LogP contribution in [0.5, 0.6) is 5.75 Å². The van der Waals surface area contributed by atoms with Gasteiger partial charge < -0.3 is 10.1 Å². The first-order chi connectivity index (χ1) is 14.4. The Morgan fingerprint density at radius 1 is 1.23 bits per heavy atom. The van der Waals surface area contributed by atoms with E-state index in [1.807, 2.05) is 13.0 Å². The number of aryl methyl sites for hydroxylation is 2. The van der Waals surface area contributed by atoms with E-state index in [9.17, 15) is 23.3 Å². The van der Waals surface area contributed by atoms with Crippen molar-refractivity contribution < 1.29 is 22.9 Å². The molecule has 11 heteroatoms. The normalized spacial score (nSPS) is 12.2. The number of amides is 1. The van der Waals surface area contributed by atoms with Crippen molar-refractivity contribution in [1.29, 1.82) is 0 Å². The maximum atomic E-state index is 12.6. The Bertz CT molecular complexity index is 1090. The fourth-order valence-electron chi connectivity index (χ4n) is 2.88. The number of rotatable bonds is 9. The molecule has 2 aromatic carbocycles. The molecular formula is C20H24ClN3O6S. The summed E-state index contributed by atoms with van der Waals surface area (Å²) in [6.45, 7) is 5.16. The number of nitrogens with zero attached hydrogens (tertiary/aromatic N) is 2. The second kappa shape index (κ2) is 9.97. The monoisotopic (exact) mass is 469 g/mol. The van der Waals surface area contributed by atoms with Gasteiger partial charge in [-0.05, 0) is 44.0 Å². The minimum Gasteiger partial charge on any atom is -0.492 e. The number of benzene rings is 2. The molecule has 0 saturated heterocycles. The average Bonchev–Trinajstić information content (AvgIpc) is 2.68. The van der Waals surface area contributed by atoms with Crippen LogP contribution in [-0.2, 0) is 14.8 Å². The molecule has 1 N–H and O–H groups in total. The maximum absolute atomic E-state index is 12.6. The Balaban J connectivity index is 2.10. The largest absolute Gasteiger partial charge is 0.492 e. The number of ether oxygens (including phenoxy) is 1. The van der Waals surface area contributed by atoms with Crippen LogP contribution in [0.3, 0.4) is 0 Å². The Kier molecular flexibility index (Phi) is 7.85. The quantitative estimate of drug-likeness (QED) is 0.342. The first-order valence-electron chi connectivity index (χ1n) is 9.33. The molecule has 0 spiro atoms. The van der Waals surface area contributed by atoms with Crippen molar-refractivity contribution in [2.75, 3.05) is 23.7 Å². The molecule has 168 valence electrons. The SMILES string of the molecule is Cc1ccc(OCCNC(=O)[C@H](C)N(c2cc([N+](=O)[O-])ccc2C)S(C)(=O)=O)cc1Cl. The highest BCUT2D eigenvalue weighted by molar-refractivity contribution is 7.92. The molecule has 0 heterocycles. The van der Waals surface area contributed by atoms with Crippen molar-refractivity contribution in [3.8, 4) is 5.75 Å². The summed E-state index contributed by atoms with van der Waals surface area (Å²) in [7, 11) is -3.91. The molecule has 2 rings (SSSR count). The lowest BCUT2D eigenvalue weighted by Gasteiger charge is -2.29. The lowest BCUT2D eigenvalue weighted by Crippen LogP contribution is -2.48. The highest BCUT2D eigenvalue weighted by Crippen LogP contribution is 2.29. The first-order valence-corrected chi connectivity index (χ1v) is 11.6. The van der Waals surface area contributed by atoms with Gasteiger partial charge in [0.1, 0.15) is 18.4 Å². The van der Waals surface area contributed by atoms with Gasteiger partial charge in [-0.15, -0.1) is 0 Å². The van der Waals surface area contributed by atoms with Crippen LogP contribution in [-0.4, -0.2) is 44.7 Å². The van der Waals surface area contributed by atoms with Crippen molar-refractivity contribution in [2.45, 2.75) is 26.8 Å². The van der Waals surface area contributed by atoms with Crippen LogP contribution in [0.25, 0.3) is 0 Å². The minimum atomic E-state index is -3.91. The zero-order valence-corrected chi connectivity index (χ0v) is 19.2. The predicted octanol–water partition coefficient (Wildman–Crippen LogP) is 3.21. The number of hydrogen-bond donors (Lipinski definition) is 1. The minimum absolute atomic E-state index is 0.0740. The number of sulfonamides is 1. The van der Waals surface area contributed by atoms with Crippen LogP contribution in [0.4, 0.5) is 11.4 Å². The summed E-state index contributed by atoms with van der Waals surface area (Å²) >= 11 is 6.04. The van der Waals surface area contributed by atoms with E-state index in [2.05, 4.69) is 5.32 Å². The number of nitro benzene ring substituents is 1. The summed E-state index contributed by atoms with van der Waals surface area (Å²) < 4.78 is 31.3. The van der Waals surface area contributed by atoms with E-state index in [0.717, 1.165) is 22.2 Å². The number of nitrogens with one attached hydrogen (secondary N) is 1. The van der Waals surface area contributed by atoms with Gasteiger partial charge in [0.25, 0.3) is 5.69 Å². The van der Waals surface area contributed by atoms with Gasteiger partial charge in [-0.3, -0.25) is 19.2 Å². The summed E-state index contributed by atoms with van der Waals surface area (Å²) in [4.78, 5) is 23.1. The van der Waals surface area contributed by atoms with Crippen LogP contribution in [0, 0.1) is 24.0 Å². The standard InChI is InChI=1S/C20H24ClN3O6S/c1-13-6-8-17(12-18(13)21)30-10-9-22-20(25)15(3)23(31(4,28)29)19-11-16(24(26)27)7-5-14(19)2/h5-8,11-12,15H,9-10H2,1-4H3,(H,22,25)/t15-/m0/s1. The summed E-state index contributed by atoms with van der Waals surface area (Å²) in [5, 5.41) is 14.3. The van der Waals surface area contributed by atoms with Crippen molar-refractivity contribution >= 4 is 38.9 Å². The molecule has 0 aliphatic heterocycles. The van der Waals surface area contributed by atoms with Crippen LogP contribution in [0.1, 0.15) is 18.1 Å². The van der Waals surface area contributed by atoms with Crippen molar-refractivity contribution in [3.63, 3.8) is 0 Å². The van der Waals surface area contributed by atoms with Crippen molar-refractivity contribution in [3.05, 3.63) is 62.7 Å². The lowest BCUT2D eigenvalue weighted by molar-refractivity contribution is -0.384. The molecule has 0 unspecified atom stereocenters. The molecule has 1 atom stereocenters. The number of carbonyl (C=O) groups excluding carboxylic acids is 1. The first kappa shape index (κ1) is 24.4. The van der Waals surface area contributed by atoms with E-state index in [1.54, 1.807) is 19.1 Å². The molecule has 1 amide bonds. The van der Waals surface area contributed by atoms with Gasteiger partial charge in [-0.1, -0.05) is 23.7 Å². The third kappa shape index (κ3) is 6.31. The molecule has 0 aliphatic carbocycles. The Morgan fingerprint density at radius 2 is 1.87 bits per heavy atom. The lowest BCUT2D eigenvalue weighted by atomic mass is 10.1. The van der Waals surface area contributed by atoms with Gasteiger partial charge in [0.2, 0.25) is 15.9 Å². The number of non-ortho nitro benzene ring substituents is 1. The van der Waals surface area contributed by atoms with E-state index < -0.39 is 26.9 Å². The van der Waals surface area contributed by atoms with E-state index in [-0.39, 0.29) is 24.5 Å². The fraction of sp³-hybridized carbons (Fsp3) is 0.350. The molecule has 0 aromatic heterocycles. The second-order valence-corrected chi connectivity index (χ2v) is 9.28. The van der Waals surface area contributed by atoms with Gasteiger partial charge in [0.15, 0.2) is 0 Å². The van der Waals surface area contributed by atoms with Gasteiger partial charge >= 0.3 is 0 Å². The highest BCUT2D eigenvalue weighted by Gasteiger charge is 2.31. The van der Waals surface area contributed by atoms with Gasteiger partial charge in [-0.2, -0.15) is 0 Å². The predicted molar refractivity (Wildman–Crippen MR) is 119 cm³/mol. The number of nitro groups is 1. The second-order valence-electron chi connectivity index (χ2n) is 7.01. The summed E-state index contributed by atoms with van der Waals surface area (Å²) in [6, 6.07) is 7.95. The van der Waals surface area contributed by atoms with Crippen molar-refractivity contribution in [2.24, 2.45) is 0 Å². The van der Waals surface area contributed by atoms with E-state index in [0.29, 0.717) is 16.3 Å². The fourth-order valence-corrected chi connectivity index (χ4v) is 4.28. The van der Waals surface area contributed by atoms with Crippen LogP contribution in [0.15, 0.2) is 36.4 Å². The molecule has 0 aliphatic rings. The molecule has 0 radical (unpaired) electrons. The molecule has 2 aromatic rings. The molecule has 0 fully saturated rings. The van der Waals surface area contributed by atoms with Gasteiger partial charge in [0.05, 0.1) is 23.4 Å². The molecule has 0 saturated carbocycles. The van der Waals surface area contributed by atoms with Crippen LogP contribution < -0.4 is 14.4 Å². The molecule has 31 heavy (non-hydrogen) atoms. The maximum Gasteiger partial charge on any atom is 0.271 e. The van der Waals surface area contributed by atoms with Gasteiger partial charge in [0, 0.05) is 17.2 Å². The number of anilines is 1. The zero-order valence-electron chi connectivity index (χ0n) is 17.6. The number of hydrogen-bond acceptors (Lipinski definition) is 6. The average molecular weight is 470 g/mol. The number of halogens is 1. The van der Waals surface area contributed by atoms with E-state index in [4.69, 9.17) is 16.3 Å². The molecular weight excluding hydrogens is 446 g/mol. The highest BCUT2D eigenvalue weighted by atomic mass is 35.5. The Labute approximate surface area is 186 Å². The Hall–Kier alpha value is -2.85. The topological polar surface area (TPSA) is 119 Å².